The molecular formula is C43H36N2O4. The van der Waals surface area contributed by atoms with E-state index in [1.807, 2.05) is 38.1 Å². The molecule has 1 aliphatic carbocycles. The van der Waals surface area contributed by atoms with Gasteiger partial charge in [-0.05, 0) is 120 Å². The van der Waals surface area contributed by atoms with Gasteiger partial charge in [0.2, 0.25) is 0 Å². The highest BCUT2D eigenvalue weighted by Crippen LogP contribution is 2.56. The lowest BCUT2D eigenvalue weighted by Crippen LogP contribution is -2.28. The van der Waals surface area contributed by atoms with E-state index in [0.717, 1.165) is 22.6 Å². The second kappa shape index (κ2) is 13.5. The van der Waals surface area contributed by atoms with Gasteiger partial charge in [0.25, 0.3) is 11.8 Å². The summed E-state index contributed by atoms with van der Waals surface area (Å²) in [6.07, 6.45) is 0. The summed E-state index contributed by atoms with van der Waals surface area (Å²) in [7, 11) is 0. The number of nitrogens with one attached hydrogen (secondary N) is 2. The predicted octanol–water partition coefficient (Wildman–Crippen LogP) is 9.35. The Morgan fingerprint density at radius 1 is 0.490 bits per heavy atom. The van der Waals surface area contributed by atoms with Crippen LogP contribution in [0.4, 0.5) is 11.4 Å². The minimum atomic E-state index is -0.623. The number of fused-ring (bicyclic) bond motifs is 3. The summed E-state index contributed by atoms with van der Waals surface area (Å²) < 4.78 is 11.0. The highest BCUT2D eigenvalue weighted by atomic mass is 16.5. The fraction of sp³-hybridized carbons (Fsp3) is 0.116. The lowest BCUT2D eigenvalue weighted by molar-refractivity contribution is 0.101. The van der Waals surface area contributed by atoms with Crippen LogP contribution in [0.1, 0.15) is 56.8 Å². The minimum absolute atomic E-state index is 0.190. The molecule has 1 aliphatic rings. The molecule has 0 atom stereocenters. The van der Waals surface area contributed by atoms with Crippen LogP contribution in [0, 0.1) is 0 Å². The van der Waals surface area contributed by atoms with Gasteiger partial charge >= 0.3 is 0 Å². The maximum Gasteiger partial charge on any atom is 0.255 e. The smallest absolute Gasteiger partial charge is 0.255 e. The highest BCUT2D eigenvalue weighted by Gasteiger charge is 2.45. The molecule has 49 heavy (non-hydrogen) atoms. The van der Waals surface area contributed by atoms with Gasteiger partial charge in [-0.15, -0.1) is 0 Å². The topological polar surface area (TPSA) is 76.7 Å². The molecule has 0 fully saturated rings. The second-order valence-corrected chi connectivity index (χ2v) is 11.8. The molecule has 6 nitrogen and oxygen atoms in total. The SMILES string of the molecule is CCOc1ccc(C(=O)Nc2ccc(C3(c4ccc(NC(=O)c5ccc(OCC)cc5)cc4)c4ccccc4-c4ccccc43)cc2)cc1. The van der Waals surface area contributed by atoms with Crippen molar-refractivity contribution in [1.29, 1.82) is 0 Å². The Bertz CT molecular complexity index is 1950. The van der Waals surface area contributed by atoms with Crippen LogP contribution < -0.4 is 20.1 Å². The largest absolute Gasteiger partial charge is 0.494 e. The van der Waals surface area contributed by atoms with Crippen molar-refractivity contribution >= 4 is 23.2 Å². The van der Waals surface area contributed by atoms with Crippen molar-refractivity contribution in [2.45, 2.75) is 19.3 Å². The van der Waals surface area contributed by atoms with Crippen molar-refractivity contribution in [1.82, 2.24) is 0 Å². The summed E-state index contributed by atoms with van der Waals surface area (Å²) in [6, 6.07) is 47.5. The first-order valence-corrected chi connectivity index (χ1v) is 16.5. The van der Waals surface area contributed by atoms with E-state index in [4.69, 9.17) is 9.47 Å². The number of hydrogen-bond donors (Lipinski definition) is 2. The van der Waals surface area contributed by atoms with Crippen molar-refractivity contribution in [2.24, 2.45) is 0 Å². The van der Waals surface area contributed by atoms with Crippen molar-refractivity contribution < 1.29 is 19.1 Å². The van der Waals surface area contributed by atoms with Crippen LogP contribution in [0.5, 0.6) is 11.5 Å². The summed E-state index contributed by atoms with van der Waals surface area (Å²) >= 11 is 0. The average Bonchev–Trinajstić information content (AvgIpc) is 3.44. The van der Waals surface area contributed by atoms with Gasteiger partial charge in [0.1, 0.15) is 11.5 Å². The van der Waals surface area contributed by atoms with Crippen LogP contribution in [-0.2, 0) is 5.41 Å². The van der Waals surface area contributed by atoms with E-state index in [1.54, 1.807) is 48.5 Å². The van der Waals surface area contributed by atoms with Gasteiger partial charge in [0.15, 0.2) is 0 Å². The molecule has 2 N–H and O–H groups in total. The third kappa shape index (κ3) is 5.93. The first-order valence-electron chi connectivity index (χ1n) is 16.5. The van der Waals surface area contributed by atoms with E-state index < -0.39 is 5.41 Å². The number of hydrogen-bond acceptors (Lipinski definition) is 4. The summed E-state index contributed by atoms with van der Waals surface area (Å²) in [6.45, 7) is 4.99. The molecule has 6 heteroatoms. The van der Waals surface area contributed by atoms with Gasteiger partial charge in [-0.25, -0.2) is 0 Å². The summed E-state index contributed by atoms with van der Waals surface area (Å²) in [4.78, 5) is 26.2. The zero-order valence-electron chi connectivity index (χ0n) is 27.4. The zero-order valence-corrected chi connectivity index (χ0v) is 27.4. The van der Waals surface area contributed by atoms with Crippen LogP contribution in [0.2, 0.25) is 0 Å². The molecule has 0 unspecified atom stereocenters. The Labute approximate surface area is 286 Å². The number of ether oxygens (including phenoxy) is 2. The number of amides is 2. The summed E-state index contributed by atoms with van der Waals surface area (Å²) in [5, 5.41) is 6.08. The third-order valence-electron chi connectivity index (χ3n) is 8.96. The van der Waals surface area contributed by atoms with E-state index in [-0.39, 0.29) is 11.8 Å². The zero-order chi connectivity index (χ0) is 33.8. The normalized spacial score (nSPS) is 12.4. The molecule has 6 aromatic carbocycles. The van der Waals surface area contributed by atoms with E-state index in [9.17, 15) is 9.59 Å². The Balaban J connectivity index is 1.22. The van der Waals surface area contributed by atoms with Crippen LogP contribution in [-0.4, -0.2) is 25.0 Å². The van der Waals surface area contributed by atoms with Gasteiger partial charge in [0, 0.05) is 22.5 Å². The second-order valence-electron chi connectivity index (χ2n) is 11.8. The molecule has 7 rings (SSSR count). The maximum absolute atomic E-state index is 13.1. The van der Waals surface area contributed by atoms with E-state index >= 15 is 0 Å². The number of carbonyl (C=O) groups is 2. The minimum Gasteiger partial charge on any atom is -0.494 e. The molecule has 0 aliphatic heterocycles. The van der Waals surface area contributed by atoms with E-state index in [0.29, 0.717) is 35.7 Å². The van der Waals surface area contributed by atoms with Gasteiger partial charge in [-0.3, -0.25) is 9.59 Å². The summed E-state index contributed by atoms with van der Waals surface area (Å²) in [5.41, 5.74) is 8.72. The Kier molecular flexibility index (Phi) is 8.69. The average molecular weight is 645 g/mol. The van der Waals surface area contributed by atoms with Crippen LogP contribution >= 0.6 is 0 Å². The fourth-order valence-corrected chi connectivity index (χ4v) is 6.78. The molecule has 2 amide bonds. The molecular weight excluding hydrogens is 608 g/mol. The van der Waals surface area contributed by atoms with Crippen LogP contribution in [0.3, 0.4) is 0 Å². The molecule has 0 saturated heterocycles. The van der Waals surface area contributed by atoms with Crippen molar-refractivity contribution in [3.05, 3.63) is 179 Å². The fourth-order valence-electron chi connectivity index (χ4n) is 6.78. The molecule has 6 aromatic rings. The molecule has 0 saturated carbocycles. The number of benzene rings is 6. The van der Waals surface area contributed by atoms with Crippen LogP contribution in [0.25, 0.3) is 11.1 Å². The first-order chi connectivity index (χ1) is 24.0. The molecule has 0 heterocycles. The maximum atomic E-state index is 13.1. The summed E-state index contributed by atoms with van der Waals surface area (Å²) in [5.74, 6) is 1.08. The van der Waals surface area contributed by atoms with Crippen LogP contribution in [0.15, 0.2) is 146 Å². The van der Waals surface area contributed by atoms with E-state index in [1.165, 1.54) is 22.3 Å². The molecule has 0 spiro atoms. The molecule has 0 bridgehead atoms. The lowest BCUT2D eigenvalue weighted by atomic mass is 9.67. The third-order valence-corrected chi connectivity index (χ3v) is 8.96. The van der Waals surface area contributed by atoms with Gasteiger partial charge in [-0.2, -0.15) is 0 Å². The van der Waals surface area contributed by atoms with E-state index in [2.05, 4.69) is 83.4 Å². The standard InChI is InChI=1S/C43H36N2O4/c1-3-48-35-25-13-29(14-26-35)41(46)44-33-21-17-31(18-22-33)43(39-11-7-5-9-37(39)38-10-6-8-12-40(38)43)32-19-23-34(24-20-32)45-42(47)30-15-27-36(28-16-30)49-4-2/h5-28H,3-4H2,1-2H3,(H,44,46)(H,45,47). The lowest BCUT2D eigenvalue weighted by Gasteiger charge is -2.34. The Morgan fingerprint density at radius 3 is 1.22 bits per heavy atom. The Morgan fingerprint density at radius 2 is 0.857 bits per heavy atom. The molecule has 242 valence electrons. The highest BCUT2D eigenvalue weighted by molar-refractivity contribution is 6.05. The number of rotatable bonds is 10. The first kappa shape index (κ1) is 31.5. The molecule has 0 aromatic heterocycles. The predicted molar refractivity (Wildman–Crippen MR) is 195 cm³/mol. The van der Waals surface area contributed by atoms with Gasteiger partial charge in [-0.1, -0.05) is 72.8 Å². The van der Waals surface area contributed by atoms with Crippen molar-refractivity contribution in [2.75, 3.05) is 23.8 Å². The molecule has 0 radical (unpaired) electrons. The van der Waals surface area contributed by atoms with Crippen molar-refractivity contribution in [3.63, 3.8) is 0 Å². The Hall–Kier alpha value is -6.14. The monoisotopic (exact) mass is 644 g/mol. The quantitative estimate of drug-likeness (QED) is 0.156. The van der Waals surface area contributed by atoms with Gasteiger partial charge < -0.3 is 20.1 Å². The number of carbonyl (C=O) groups excluding carboxylic acids is 2. The number of anilines is 2. The van der Waals surface area contributed by atoms with Crippen molar-refractivity contribution in [3.8, 4) is 22.6 Å². The van der Waals surface area contributed by atoms with Gasteiger partial charge in [0.05, 0.1) is 18.6 Å².